The molecule has 1 rings (SSSR count). The molecule has 1 amide bonds. The molecule has 96 valence electrons. The SMILES string of the molecule is Cl.NC(NC(=O)C1CCCNC1)C(F)(F)F. The van der Waals surface area contributed by atoms with Gasteiger partial charge in [-0.3, -0.25) is 4.79 Å². The van der Waals surface area contributed by atoms with Gasteiger partial charge in [0, 0.05) is 6.54 Å². The number of rotatable bonds is 2. The predicted molar refractivity (Wildman–Crippen MR) is 55.0 cm³/mol. The molecule has 4 nitrogen and oxygen atoms in total. The number of carbonyl (C=O) groups excluding carboxylic acids is 1. The highest BCUT2D eigenvalue weighted by atomic mass is 35.5. The van der Waals surface area contributed by atoms with Crippen LogP contribution in [0.25, 0.3) is 0 Å². The summed E-state index contributed by atoms with van der Waals surface area (Å²) in [5, 5.41) is 4.71. The zero-order chi connectivity index (χ0) is 11.5. The van der Waals surface area contributed by atoms with Crippen LogP contribution < -0.4 is 16.4 Å². The third-order valence-electron chi connectivity index (χ3n) is 2.32. The van der Waals surface area contributed by atoms with Crippen molar-refractivity contribution in [3.05, 3.63) is 0 Å². The van der Waals surface area contributed by atoms with Gasteiger partial charge >= 0.3 is 6.18 Å². The molecule has 0 bridgehead atoms. The lowest BCUT2D eigenvalue weighted by Crippen LogP contribution is -2.54. The summed E-state index contributed by atoms with van der Waals surface area (Å²) in [7, 11) is 0. The Morgan fingerprint density at radius 3 is 2.56 bits per heavy atom. The Bertz CT molecular complexity index is 231. The minimum absolute atomic E-state index is 0. The van der Waals surface area contributed by atoms with Gasteiger partial charge in [-0.15, -0.1) is 12.4 Å². The Morgan fingerprint density at radius 2 is 2.12 bits per heavy atom. The highest BCUT2D eigenvalue weighted by molar-refractivity contribution is 5.85. The van der Waals surface area contributed by atoms with Crippen molar-refractivity contribution in [1.29, 1.82) is 0 Å². The summed E-state index contributed by atoms with van der Waals surface area (Å²) in [6, 6.07) is 0. The maximum absolute atomic E-state index is 12.0. The van der Waals surface area contributed by atoms with Crippen molar-refractivity contribution in [1.82, 2.24) is 10.6 Å². The largest absolute Gasteiger partial charge is 0.421 e. The molecule has 1 aliphatic rings. The van der Waals surface area contributed by atoms with E-state index in [1.807, 2.05) is 0 Å². The van der Waals surface area contributed by atoms with Crippen molar-refractivity contribution in [3.63, 3.8) is 0 Å². The van der Waals surface area contributed by atoms with E-state index < -0.39 is 24.2 Å². The van der Waals surface area contributed by atoms with Gasteiger partial charge in [0.15, 0.2) is 6.17 Å². The maximum atomic E-state index is 12.0. The molecule has 16 heavy (non-hydrogen) atoms. The Morgan fingerprint density at radius 1 is 1.50 bits per heavy atom. The highest BCUT2D eigenvalue weighted by Gasteiger charge is 2.38. The first-order valence-electron chi connectivity index (χ1n) is 4.74. The molecule has 0 aliphatic carbocycles. The third kappa shape index (κ3) is 4.54. The Hall–Kier alpha value is -0.530. The second kappa shape index (κ2) is 6.27. The van der Waals surface area contributed by atoms with Crippen molar-refractivity contribution < 1.29 is 18.0 Å². The molecule has 0 spiro atoms. The minimum Gasteiger partial charge on any atom is -0.333 e. The fourth-order valence-electron chi connectivity index (χ4n) is 1.43. The molecular formula is C8H15ClF3N3O. The van der Waals surface area contributed by atoms with Gasteiger partial charge in [-0.1, -0.05) is 0 Å². The molecule has 4 N–H and O–H groups in total. The number of hydrogen-bond donors (Lipinski definition) is 3. The van der Waals surface area contributed by atoms with Crippen molar-refractivity contribution in [2.45, 2.75) is 25.2 Å². The van der Waals surface area contributed by atoms with Crippen LogP contribution in [0.2, 0.25) is 0 Å². The quantitative estimate of drug-likeness (QED) is 0.629. The summed E-state index contributed by atoms with van der Waals surface area (Å²) < 4.78 is 36.1. The second-order valence-electron chi connectivity index (χ2n) is 3.57. The van der Waals surface area contributed by atoms with E-state index in [2.05, 4.69) is 5.32 Å². The molecule has 1 fully saturated rings. The number of nitrogens with one attached hydrogen (secondary N) is 2. The first-order chi connectivity index (χ1) is 6.91. The van der Waals surface area contributed by atoms with E-state index in [-0.39, 0.29) is 12.4 Å². The van der Waals surface area contributed by atoms with Gasteiger partial charge in [0.05, 0.1) is 5.92 Å². The van der Waals surface area contributed by atoms with E-state index in [4.69, 9.17) is 5.73 Å². The van der Waals surface area contributed by atoms with Crippen LogP contribution >= 0.6 is 12.4 Å². The van der Waals surface area contributed by atoms with Crippen LogP contribution in [0.5, 0.6) is 0 Å². The van der Waals surface area contributed by atoms with E-state index in [0.29, 0.717) is 13.0 Å². The molecule has 0 aromatic rings. The maximum Gasteiger partial charge on any atom is 0.421 e. The molecule has 1 aliphatic heterocycles. The average Bonchev–Trinajstić information content (AvgIpc) is 2.17. The smallest absolute Gasteiger partial charge is 0.333 e. The van der Waals surface area contributed by atoms with Crippen LogP contribution in [0, 0.1) is 5.92 Å². The molecule has 0 aromatic carbocycles. The predicted octanol–water partition coefficient (Wildman–Crippen LogP) is 0.371. The summed E-state index contributed by atoms with van der Waals surface area (Å²) in [5.74, 6) is -1.04. The van der Waals surface area contributed by atoms with E-state index in [1.165, 1.54) is 0 Å². The Kier molecular flexibility index (Phi) is 6.06. The first kappa shape index (κ1) is 15.5. The third-order valence-corrected chi connectivity index (χ3v) is 2.32. The van der Waals surface area contributed by atoms with E-state index in [1.54, 1.807) is 5.32 Å². The van der Waals surface area contributed by atoms with Gasteiger partial charge in [0.2, 0.25) is 5.91 Å². The molecule has 1 saturated heterocycles. The number of piperidine rings is 1. The molecule has 0 aromatic heterocycles. The van der Waals surface area contributed by atoms with E-state index in [9.17, 15) is 18.0 Å². The normalized spacial score (nSPS) is 23.1. The van der Waals surface area contributed by atoms with Crippen molar-refractivity contribution in [2.75, 3.05) is 13.1 Å². The minimum atomic E-state index is -4.59. The summed E-state index contributed by atoms with van der Waals surface area (Å²) in [6.07, 6.45) is -5.47. The lowest BCUT2D eigenvalue weighted by molar-refractivity contribution is -0.162. The van der Waals surface area contributed by atoms with Crippen LogP contribution in [0.4, 0.5) is 13.2 Å². The highest BCUT2D eigenvalue weighted by Crippen LogP contribution is 2.17. The van der Waals surface area contributed by atoms with Crippen LogP contribution in [0.3, 0.4) is 0 Å². The molecule has 0 radical (unpaired) electrons. The lowest BCUT2D eigenvalue weighted by atomic mass is 9.99. The molecular weight excluding hydrogens is 247 g/mol. The summed E-state index contributed by atoms with van der Waals surface area (Å²) in [4.78, 5) is 11.3. The molecule has 8 heteroatoms. The fraction of sp³-hybridized carbons (Fsp3) is 0.875. The van der Waals surface area contributed by atoms with Crippen LogP contribution in [-0.4, -0.2) is 31.3 Å². The number of halogens is 4. The monoisotopic (exact) mass is 261 g/mol. The first-order valence-corrected chi connectivity index (χ1v) is 4.74. The van der Waals surface area contributed by atoms with Crippen molar-refractivity contribution >= 4 is 18.3 Å². The molecule has 2 unspecified atom stereocenters. The van der Waals surface area contributed by atoms with E-state index >= 15 is 0 Å². The topological polar surface area (TPSA) is 67.1 Å². The number of alkyl halides is 3. The van der Waals surface area contributed by atoms with Gasteiger partial charge < -0.3 is 16.4 Å². The Labute approximate surface area is 97.5 Å². The number of hydrogen-bond acceptors (Lipinski definition) is 3. The molecule has 1 heterocycles. The van der Waals surface area contributed by atoms with Crippen LogP contribution in [0.1, 0.15) is 12.8 Å². The van der Waals surface area contributed by atoms with Crippen molar-refractivity contribution in [2.24, 2.45) is 11.7 Å². The summed E-state index contributed by atoms with van der Waals surface area (Å²) in [6.45, 7) is 1.21. The standard InChI is InChI=1S/C8H14F3N3O.ClH/c9-8(10,11)7(12)14-6(15)5-2-1-3-13-4-5;/h5,7,13H,1-4,12H2,(H,14,15);1H. The number of nitrogens with two attached hydrogens (primary N) is 1. The Balaban J connectivity index is 0.00000225. The molecule has 0 saturated carbocycles. The fourth-order valence-corrected chi connectivity index (χ4v) is 1.43. The van der Waals surface area contributed by atoms with Crippen LogP contribution in [0.15, 0.2) is 0 Å². The van der Waals surface area contributed by atoms with Gasteiger partial charge in [0.25, 0.3) is 0 Å². The van der Waals surface area contributed by atoms with Gasteiger partial charge in [-0.2, -0.15) is 13.2 Å². The van der Waals surface area contributed by atoms with Crippen molar-refractivity contribution in [3.8, 4) is 0 Å². The number of carbonyl (C=O) groups is 1. The van der Waals surface area contributed by atoms with Gasteiger partial charge in [0.1, 0.15) is 0 Å². The number of amides is 1. The van der Waals surface area contributed by atoms with Gasteiger partial charge in [-0.25, -0.2) is 0 Å². The van der Waals surface area contributed by atoms with Crippen LogP contribution in [-0.2, 0) is 4.79 Å². The van der Waals surface area contributed by atoms with E-state index in [0.717, 1.165) is 13.0 Å². The second-order valence-corrected chi connectivity index (χ2v) is 3.57. The summed E-state index contributed by atoms with van der Waals surface area (Å²) in [5.41, 5.74) is 4.78. The average molecular weight is 262 g/mol. The zero-order valence-corrected chi connectivity index (χ0v) is 9.33. The lowest BCUT2D eigenvalue weighted by Gasteiger charge is -2.24. The van der Waals surface area contributed by atoms with Gasteiger partial charge in [-0.05, 0) is 19.4 Å². The zero-order valence-electron chi connectivity index (χ0n) is 8.51. The summed E-state index contributed by atoms with van der Waals surface area (Å²) >= 11 is 0. The molecule has 2 atom stereocenters.